The second-order valence-electron chi connectivity index (χ2n) is 10.7. The summed E-state index contributed by atoms with van der Waals surface area (Å²) >= 11 is 0. The van der Waals surface area contributed by atoms with E-state index in [0.717, 1.165) is 22.5 Å². The smallest absolute Gasteiger partial charge is 0.243 e. The highest BCUT2D eigenvalue weighted by Crippen LogP contribution is 2.28. The number of H-pyrrole nitrogens is 1. The first kappa shape index (κ1) is 25.0. The molecular formula is C26H39N5O2. The summed E-state index contributed by atoms with van der Waals surface area (Å²) in [6, 6.07) is 7.49. The minimum Gasteiger partial charge on any atom is -0.350 e. The topological polar surface area (TPSA) is 90.1 Å². The molecule has 1 saturated heterocycles. The Hall–Kier alpha value is -2.67. The van der Waals surface area contributed by atoms with Crippen LogP contribution in [0.15, 0.2) is 30.6 Å². The lowest BCUT2D eigenvalue weighted by molar-refractivity contribution is -0.142. The van der Waals surface area contributed by atoms with E-state index in [1.165, 1.54) is 0 Å². The van der Waals surface area contributed by atoms with Gasteiger partial charge in [-0.1, -0.05) is 65.8 Å². The fourth-order valence-electron chi connectivity index (χ4n) is 4.48. The number of amides is 2. The van der Waals surface area contributed by atoms with Crippen molar-refractivity contribution in [2.75, 3.05) is 6.54 Å². The summed E-state index contributed by atoms with van der Waals surface area (Å²) in [4.78, 5) is 35.8. The predicted molar refractivity (Wildman–Crippen MR) is 131 cm³/mol. The van der Waals surface area contributed by atoms with Gasteiger partial charge in [0.05, 0.1) is 23.8 Å². The molecule has 0 aliphatic carbocycles. The van der Waals surface area contributed by atoms with Gasteiger partial charge in [0.15, 0.2) is 0 Å². The second kappa shape index (κ2) is 10.1. The van der Waals surface area contributed by atoms with Crippen LogP contribution >= 0.6 is 0 Å². The van der Waals surface area contributed by atoms with Crippen molar-refractivity contribution in [3.8, 4) is 11.3 Å². The summed E-state index contributed by atoms with van der Waals surface area (Å²) in [7, 11) is 0. The van der Waals surface area contributed by atoms with Crippen LogP contribution in [-0.4, -0.2) is 51.4 Å². The third-order valence-electron chi connectivity index (χ3n) is 6.25. The Kier molecular flexibility index (Phi) is 7.62. The number of carbonyl (C=O) groups excluding carboxylic acids is 2. The molecule has 2 heterocycles. The summed E-state index contributed by atoms with van der Waals surface area (Å²) in [5.41, 5.74) is 3.79. The number of nitrogens with one attached hydrogen (secondary N) is 3. The molecule has 0 spiro atoms. The lowest BCUT2D eigenvalue weighted by atomic mass is 9.85. The van der Waals surface area contributed by atoms with Crippen molar-refractivity contribution in [3.05, 3.63) is 41.9 Å². The number of nitrogens with zero attached hydrogens (tertiary/aromatic N) is 2. The number of aromatic amines is 1. The first-order valence-corrected chi connectivity index (χ1v) is 11.9. The van der Waals surface area contributed by atoms with Crippen molar-refractivity contribution in [2.24, 2.45) is 11.3 Å². The highest BCUT2D eigenvalue weighted by molar-refractivity contribution is 5.91. The lowest BCUT2D eigenvalue weighted by Crippen LogP contribution is -2.57. The number of hydrogen-bond acceptors (Lipinski definition) is 4. The second-order valence-corrected chi connectivity index (χ2v) is 10.7. The van der Waals surface area contributed by atoms with Gasteiger partial charge < -0.3 is 20.5 Å². The molecule has 2 amide bonds. The molecule has 3 N–H and O–H groups in total. The summed E-state index contributed by atoms with van der Waals surface area (Å²) in [6.45, 7) is 15.4. The Morgan fingerprint density at radius 3 is 2.42 bits per heavy atom. The minimum atomic E-state index is -0.432. The van der Waals surface area contributed by atoms with Gasteiger partial charge in [0.2, 0.25) is 11.8 Å². The Morgan fingerprint density at radius 1 is 1.21 bits per heavy atom. The molecule has 1 aliphatic heterocycles. The number of rotatable bonds is 7. The number of aryl methyl sites for hydroxylation is 1. The maximum absolute atomic E-state index is 13.5. The molecule has 7 heteroatoms. The van der Waals surface area contributed by atoms with Crippen molar-refractivity contribution >= 4 is 11.8 Å². The van der Waals surface area contributed by atoms with Crippen LogP contribution in [0, 0.1) is 18.3 Å². The number of likely N-dealkylation sites (tertiary alicyclic amines) is 1. The molecule has 33 heavy (non-hydrogen) atoms. The van der Waals surface area contributed by atoms with E-state index in [2.05, 4.69) is 48.3 Å². The SMILES string of the molecule is Cc1nc[nH]c1-c1ccc(CNC(=O)[C@@H]2C[C@@H](C)CN2C(=O)[C@@H](NC(C)C)C(C)(C)C)cc1. The minimum absolute atomic E-state index is 0.0139. The molecule has 1 aliphatic rings. The molecule has 1 aromatic carbocycles. The molecule has 0 saturated carbocycles. The molecule has 7 nitrogen and oxygen atoms in total. The number of carbonyl (C=O) groups is 2. The van der Waals surface area contributed by atoms with Crippen LogP contribution in [0.2, 0.25) is 0 Å². The highest BCUT2D eigenvalue weighted by atomic mass is 16.2. The predicted octanol–water partition coefficient (Wildman–Crippen LogP) is 3.65. The highest BCUT2D eigenvalue weighted by Gasteiger charge is 2.43. The van der Waals surface area contributed by atoms with Crippen molar-refractivity contribution in [3.63, 3.8) is 0 Å². The van der Waals surface area contributed by atoms with E-state index in [4.69, 9.17) is 0 Å². The molecular weight excluding hydrogens is 414 g/mol. The summed E-state index contributed by atoms with van der Waals surface area (Å²) in [5.74, 6) is 0.222. The number of imidazole rings is 1. The van der Waals surface area contributed by atoms with Crippen molar-refractivity contribution in [1.82, 2.24) is 25.5 Å². The van der Waals surface area contributed by atoms with E-state index in [9.17, 15) is 9.59 Å². The Balaban J connectivity index is 1.66. The van der Waals surface area contributed by atoms with Crippen LogP contribution in [-0.2, 0) is 16.1 Å². The van der Waals surface area contributed by atoms with Gasteiger partial charge in [0.25, 0.3) is 0 Å². The zero-order valence-electron chi connectivity index (χ0n) is 21.0. The van der Waals surface area contributed by atoms with E-state index in [-0.39, 0.29) is 29.3 Å². The largest absolute Gasteiger partial charge is 0.350 e. The van der Waals surface area contributed by atoms with Crippen LogP contribution in [0.4, 0.5) is 0 Å². The number of hydrogen-bond donors (Lipinski definition) is 3. The summed E-state index contributed by atoms with van der Waals surface area (Å²) in [5, 5.41) is 6.48. The lowest BCUT2D eigenvalue weighted by Gasteiger charge is -2.36. The molecule has 0 bridgehead atoms. The molecule has 1 fully saturated rings. The maximum atomic E-state index is 13.5. The van der Waals surface area contributed by atoms with Crippen LogP contribution in [0.25, 0.3) is 11.3 Å². The Labute approximate surface area is 197 Å². The first-order valence-electron chi connectivity index (χ1n) is 11.9. The fraction of sp³-hybridized carbons (Fsp3) is 0.577. The average Bonchev–Trinajstić information content (AvgIpc) is 3.35. The average molecular weight is 454 g/mol. The number of benzene rings is 1. The normalized spacial score (nSPS) is 19.7. The van der Waals surface area contributed by atoms with Crippen LogP contribution < -0.4 is 10.6 Å². The van der Waals surface area contributed by atoms with Gasteiger partial charge in [-0.3, -0.25) is 9.59 Å². The van der Waals surface area contributed by atoms with Crippen molar-refractivity contribution < 1.29 is 9.59 Å². The maximum Gasteiger partial charge on any atom is 0.243 e. The molecule has 1 aromatic heterocycles. The molecule has 180 valence electrons. The molecule has 3 atom stereocenters. The van der Waals surface area contributed by atoms with E-state index >= 15 is 0 Å². The van der Waals surface area contributed by atoms with E-state index in [1.807, 2.05) is 45.0 Å². The van der Waals surface area contributed by atoms with Gasteiger partial charge in [0, 0.05) is 19.1 Å². The van der Waals surface area contributed by atoms with Gasteiger partial charge in [-0.25, -0.2) is 4.98 Å². The molecule has 3 rings (SSSR count). The zero-order valence-corrected chi connectivity index (χ0v) is 21.0. The monoisotopic (exact) mass is 453 g/mol. The van der Waals surface area contributed by atoms with Gasteiger partial charge in [0.1, 0.15) is 6.04 Å². The quantitative estimate of drug-likeness (QED) is 0.597. The van der Waals surface area contributed by atoms with Crippen LogP contribution in [0.3, 0.4) is 0 Å². The van der Waals surface area contributed by atoms with Gasteiger partial charge in [-0.05, 0) is 35.8 Å². The van der Waals surface area contributed by atoms with Gasteiger partial charge in [-0.15, -0.1) is 0 Å². The first-order chi connectivity index (χ1) is 15.5. The van der Waals surface area contributed by atoms with Gasteiger partial charge >= 0.3 is 0 Å². The van der Waals surface area contributed by atoms with Crippen molar-refractivity contribution in [1.29, 1.82) is 0 Å². The Morgan fingerprint density at radius 2 is 1.88 bits per heavy atom. The third kappa shape index (κ3) is 6.02. The van der Waals surface area contributed by atoms with Crippen LogP contribution in [0.1, 0.15) is 59.2 Å². The standard InChI is InChI=1S/C26H39N5O2/c1-16(2)30-23(26(5,6)7)25(33)31-14-17(3)12-21(31)24(32)27-13-19-8-10-20(11-9-19)22-18(4)28-15-29-22/h8-11,15-17,21,23,30H,12-14H2,1-7H3,(H,27,32)(H,28,29)/t17-,21+,23-/m1/s1. The van der Waals surface area contributed by atoms with Crippen LogP contribution in [0.5, 0.6) is 0 Å². The van der Waals surface area contributed by atoms with Crippen molar-refractivity contribution in [2.45, 2.75) is 79.6 Å². The van der Waals surface area contributed by atoms with E-state index in [1.54, 1.807) is 11.2 Å². The summed E-state index contributed by atoms with van der Waals surface area (Å²) in [6.07, 6.45) is 2.38. The summed E-state index contributed by atoms with van der Waals surface area (Å²) < 4.78 is 0. The van der Waals surface area contributed by atoms with Gasteiger partial charge in [-0.2, -0.15) is 0 Å². The van der Waals surface area contributed by atoms with E-state index in [0.29, 0.717) is 25.4 Å². The molecule has 0 unspecified atom stereocenters. The fourth-order valence-corrected chi connectivity index (χ4v) is 4.48. The zero-order chi connectivity index (χ0) is 24.3. The molecule has 0 radical (unpaired) electrons. The third-order valence-corrected chi connectivity index (χ3v) is 6.25. The number of aromatic nitrogens is 2. The van der Waals surface area contributed by atoms with E-state index < -0.39 is 6.04 Å². The Bertz CT molecular complexity index is 958. The molecule has 2 aromatic rings.